The average Bonchev–Trinajstić information content (AvgIpc) is 3.90. The van der Waals surface area contributed by atoms with Crippen molar-refractivity contribution in [3.05, 3.63) is 125 Å². The summed E-state index contributed by atoms with van der Waals surface area (Å²) in [5, 5.41) is 3.17. The van der Waals surface area contributed by atoms with Gasteiger partial charge in [0, 0.05) is 36.5 Å². The van der Waals surface area contributed by atoms with Crippen LogP contribution in [0.15, 0.2) is 96.6 Å². The fraction of sp³-hybridized carbons (Fsp3) is 0.354. The van der Waals surface area contributed by atoms with Crippen molar-refractivity contribution in [1.82, 2.24) is 29.7 Å². The number of ether oxygens (including phenoxy) is 3. The number of amides is 1. The Balaban J connectivity index is 1.03. The Morgan fingerprint density at radius 3 is 2.25 bits per heavy atom. The molecular formula is C48H54N6O6. The molecule has 2 N–H and O–H groups in total. The highest BCUT2D eigenvalue weighted by Gasteiger charge is 2.32. The summed E-state index contributed by atoms with van der Waals surface area (Å²) in [6.45, 7) is 8.74. The van der Waals surface area contributed by atoms with E-state index >= 15 is 0 Å². The van der Waals surface area contributed by atoms with E-state index in [9.17, 15) is 14.4 Å². The SMILES string of the molecule is CCC(CC(CNC(=O)c1cc(OC)c(OC)c(OC)c1)c1ccccc1)N1CCC(C(=O)c2nc3c(C(=O)c4nc5ccccc5n4CC=C(C)C)cccc3[nH]2)CC1. The number of likely N-dealkylation sites (tertiary alicyclic amines) is 1. The number of carbonyl (C=O) groups excluding carboxylic acids is 3. The number of rotatable bonds is 17. The Kier molecular flexibility index (Phi) is 13.1. The third kappa shape index (κ3) is 8.84. The van der Waals surface area contributed by atoms with Crippen LogP contribution in [0.5, 0.6) is 17.2 Å². The van der Waals surface area contributed by atoms with Crippen LogP contribution in [0.25, 0.3) is 22.1 Å². The molecule has 1 amide bonds. The Morgan fingerprint density at radius 2 is 1.58 bits per heavy atom. The number of nitrogens with zero attached hydrogens (tertiary/aromatic N) is 4. The summed E-state index contributed by atoms with van der Waals surface area (Å²) in [5.41, 5.74) is 5.87. The number of benzene rings is 4. The Bertz CT molecular complexity index is 2490. The zero-order valence-electron chi connectivity index (χ0n) is 35.3. The highest BCUT2D eigenvalue weighted by Crippen LogP contribution is 2.38. The number of Topliss-reactive ketones (excluding diaryl/α,β-unsaturated/α-hetero) is 1. The third-order valence-electron chi connectivity index (χ3n) is 11.7. The van der Waals surface area contributed by atoms with Gasteiger partial charge in [0.05, 0.1) is 43.4 Å². The number of ketones is 2. The van der Waals surface area contributed by atoms with Crippen LogP contribution < -0.4 is 19.5 Å². The van der Waals surface area contributed by atoms with Gasteiger partial charge in [0.2, 0.25) is 17.3 Å². The summed E-state index contributed by atoms with van der Waals surface area (Å²) in [7, 11) is 4.59. The smallest absolute Gasteiger partial charge is 0.251 e. The van der Waals surface area contributed by atoms with E-state index in [2.05, 4.69) is 40.3 Å². The van der Waals surface area contributed by atoms with Crippen LogP contribution >= 0.6 is 0 Å². The minimum atomic E-state index is -0.238. The zero-order valence-corrected chi connectivity index (χ0v) is 35.3. The zero-order chi connectivity index (χ0) is 42.3. The van der Waals surface area contributed by atoms with Gasteiger partial charge in [-0.1, -0.05) is 67.1 Å². The lowest BCUT2D eigenvalue weighted by Crippen LogP contribution is -2.44. The first-order valence-electron chi connectivity index (χ1n) is 20.7. The number of piperidine rings is 1. The molecule has 1 saturated heterocycles. The van der Waals surface area contributed by atoms with E-state index in [1.54, 1.807) is 18.2 Å². The minimum absolute atomic E-state index is 0.0373. The molecule has 2 aromatic heterocycles. The van der Waals surface area contributed by atoms with Gasteiger partial charge in [0.15, 0.2) is 23.1 Å². The van der Waals surface area contributed by atoms with E-state index in [-0.39, 0.29) is 41.2 Å². The second-order valence-corrected chi connectivity index (χ2v) is 15.6. The van der Waals surface area contributed by atoms with Crippen molar-refractivity contribution in [2.45, 2.75) is 65.0 Å². The first-order valence-corrected chi connectivity index (χ1v) is 20.7. The van der Waals surface area contributed by atoms with Crippen molar-refractivity contribution in [1.29, 1.82) is 0 Å². The number of allylic oxidation sites excluding steroid dienone is 2. The van der Waals surface area contributed by atoms with Crippen molar-refractivity contribution in [3.63, 3.8) is 0 Å². The van der Waals surface area contributed by atoms with Crippen LogP contribution in [0.4, 0.5) is 0 Å². The molecule has 1 aliphatic rings. The van der Waals surface area contributed by atoms with Gasteiger partial charge in [0.1, 0.15) is 5.52 Å². The highest BCUT2D eigenvalue weighted by molar-refractivity contribution is 6.15. The first-order chi connectivity index (χ1) is 29.1. The van der Waals surface area contributed by atoms with Crippen LogP contribution in [0.3, 0.4) is 0 Å². The number of aromatic nitrogens is 4. The number of carbonyl (C=O) groups is 3. The molecule has 0 saturated carbocycles. The van der Waals surface area contributed by atoms with E-state index in [1.165, 1.54) is 21.3 Å². The van der Waals surface area contributed by atoms with E-state index in [4.69, 9.17) is 24.2 Å². The minimum Gasteiger partial charge on any atom is -0.493 e. The number of hydrogen-bond donors (Lipinski definition) is 2. The summed E-state index contributed by atoms with van der Waals surface area (Å²) in [5.74, 6) is 1.22. The molecule has 6 aromatic rings. The van der Waals surface area contributed by atoms with Crippen LogP contribution in [0.2, 0.25) is 0 Å². The van der Waals surface area contributed by atoms with Crippen molar-refractivity contribution >= 4 is 39.5 Å². The standard InChI is InChI=1S/C48H54N6O6/c1-7-35(26-34(31-14-9-8-10-15-31)29-49-48(57)33-27-40(58-4)45(60-6)41(28-33)59-5)53-23-21-32(22-24-53)43(55)46-50-38-18-13-16-36(42(38)52-46)44(56)47-51-37-17-11-12-19-39(37)54(47)25-20-30(2)3/h8-20,27-28,32,34-35H,7,21-26,29H2,1-6H3,(H,49,57)(H,50,52). The summed E-state index contributed by atoms with van der Waals surface area (Å²) in [6.07, 6.45) is 5.22. The van der Waals surface area contributed by atoms with Crippen molar-refractivity contribution in [2.75, 3.05) is 41.0 Å². The van der Waals surface area contributed by atoms with Crippen LogP contribution in [-0.2, 0) is 6.54 Å². The maximum atomic E-state index is 14.2. The summed E-state index contributed by atoms with van der Waals surface area (Å²) < 4.78 is 18.3. The van der Waals surface area contributed by atoms with E-state index in [1.807, 2.05) is 73.0 Å². The fourth-order valence-corrected chi connectivity index (χ4v) is 8.38. The topological polar surface area (TPSA) is 141 Å². The maximum Gasteiger partial charge on any atom is 0.251 e. The number of fused-ring (bicyclic) bond motifs is 2. The normalized spacial score (nSPS) is 14.4. The maximum absolute atomic E-state index is 14.2. The monoisotopic (exact) mass is 810 g/mol. The van der Waals surface area contributed by atoms with E-state index in [0.29, 0.717) is 71.2 Å². The van der Waals surface area contributed by atoms with E-state index < -0.39 is 0 Å². The van der Waals surface area contributed by atoms with Gasteiger partial charge in [-0.25, -0.2) is 9.97 Å². The van der Waals surface area contributed by atoms with Gasteiger partial charge >= 0.3 is 0 Å². The molecule has 3 heterocycles. The van der Waals surface area contributed by atoms with Gasteiger partial charge < -0.3 is 34.0 Å². The summed E-state index contributed by atoms with van der Waals surface area (Å²) in [4.78, 5) is 57.0. The average molecular weight is 811 g/mol. The third-order valence-corrected chi connectivity index (χ3v) is 11.7. The molecule has 2 atom stereocenters. The molecule has 1 fully saturated rings. The summed E-state index contributed by atoms with van der Waals surface area (Å²) >= 11 is 0. The molecular weight excluding hydrogens is 757 g/mol. The highest BCUT2D eigenvalue weighted by atomic mass is 16.5. The van der Waals surface area contributed by atoms with E-state index in [0.717, 1.165) is 48.1 Å². The second kappa shape index (κ2) is 18.8. The number of para-hydroxylation sites is 3. The number of H-pyrrole nitrogens is 1. The van der Waals surface area contributed by atoms with Crippen molar-refractivity contribution in [3.8, 4) is 17.2 Å². The van der Waals surface area contributed by atoms with Crippen LogP contribution in [0.1, 0.15) is 95.1 Å². The fourth-order valence-electron chi connectivity index (χ4n) is 8.38. The van der Waals surface area contributed by atoms with Gasteiger partial charge in [0.25, 0.3) is 5.91 Å². The lowest BCUT2D eigenvalue weighted by Gasteiger charge is -2.38. The van der Waals surface area contributed by atoms with Crippen LogP contribution in [0, 0.1) is 5.92 Å². The lowest BCUT2D eigenvalue weighted by atomic mass is 9.87. The predicted octanol–water partition coefficient (Wildman–Crippen LogP) is 8.41. The number of nitrogens with one attached hydrogen (secondary N) is 2. The van der Waals surface area contributed by atoms with Crippen LogP contribution in [-0.4, -0.2) is 88.9 Å². The van der Waals surface area contributed by atoms with Gasteiger partial charge in [-0.05, 0) is 94.6 Å². The Labute approximate surface area is 351 Å². The molecule has 0 spiro atoms. The number of hydrogen-bond acceptors (Lipinski definition) is 9. The van der Waals surface area contributed by atoms with Gasteiger partial charge in [-0.2, -0.15) is 0 Å². The quantitative estimate of drug-likeness (QED) is 0.0687. The number of aromatic amines is 1. The van der Waals surface area contributed by atoms with Crippen molar-refractivity contribution < 1.29 is 28.6 Å². The molecule has 0 bridgehead atoms. The molecule has 60 heavy (non-hydrogen) atoms. The van der Waals surface area contributed by atoms with Gasteiger partial charge in [-0.3, -0.25) is 14.4 Å². The predicted molar refractivity (Wildman–Crippen MR) is 234 cm³/mol. The molecule has 12 heteroatoms. The van der Waals surface area contributed by atoms with Gasteiger partial charge in [-0.15, -0.1) is 0 Å². The molecule has 0 radical (unpaired) electrons. The molecule has 12 nitrogen and oxygen atoms in total. The summed E-state index contributed by atoms with van der Waals surface area (Å²) in [6, 6.07) is 27.0. The number of imidazole rings is 2. The lowest BCUT2D eigenvalue weighted by molar-refractivity contribution is 0.0760. The Hall–Kier alpha value is -6.27. The molecule has 2 unspecified atom stereocenters. The largest absolute Gasteiger partial charge is 0.493 e. The molecule has 0 aliphatic carbocycles. The molecule has 7 rings (SSSR count). The molecule has 312 valence electrons. The Morgan fingerprint density at radius 1 is 0.883 bits per heavy atom. The molecule has 1 aliphatic heterocycles. The molecule has 4 aromatic carbocycles. The first kappa shape index (κ1) is 41.9. The number of methoxy groups -OCH3 is 3. The van der Waals surface area contributed by atoms with Crippen molar-refractivity contribution in [2.24, 2.45) is 5.92 Å². The second-order valence-electron chi connectivity index (χ2n) is 15.6.